The molecule has 2 aromatic heterocycles. The van der Waals surface area contributed by atoms with Crippen LogP contribution in [0, 0.1) is 6.92 Å². The highest BCUT2D eigenvalue weighted by Gasteiger charge is 2.15. The molecule has 0 radical (unpaired) electrons. The quantitative estimate of drug-likeness (QED) is 0.415. The Morgan fingerprint density at radius 2 is 1.75 bits per heavy atom. The van der Waals surface area contributed by atoms with Gasteiger partial charge in [0, 0.05) is 29.4 Å². The van der Waals surface area contributed by atoms with Crippen LogP contribution in [-0.4, -0.2) is 25.5 Å². The number of thioether (sulfide) groups is 1. The highest BCUT2D eigenvalue weighted by molar-refractivity contribution is 7.99. The summed E-state index contributed by atoms with van der Waals surface area (Å²) in [5.41, 5.74) is 4.41. The van der Waals surface area contributed by atoms with E-state index in [9.17, 15) is 0 Å². The van der Waals surface area contributed by atoms with E-state index in [1.807, 2.05) is 36.5 Å². The highest BCUT2D eigenvalue weighted by atomic mass is 32.2. The van der Waals surface area contributed by atoms with Gasteiger partial charge in [-0.25, -0.2) is 0 Å². The molecule has 0 saturated heterocycles. The smallest absolute Gasteiger partial charge is 0.196 e. The van der Waals surface area contributed by atoms with Crippen LogP contribution in [0.25, 0.3) is 23.2 Å². The SMILES string of the molecule is Cc1ccc(-n2c(SC/C=C/c3ccccc3)nnc2-c2cccnc2)cc1. The molecule has 28 heavy (non-hydrogen) atoms. The lowest BCUT2D eigenvalue weighted by atomic mass is 10.2. The number of aryl methyl sites for hydroxylation is 1. The van der Waals surface area contributed by atoms with Gasteiger partial charge in [-0.3, -0.25) is 9.55 Å². The molecule has 4 nitrogen and oxygen atoms in total. The van der Waals surface area contributed by atoms with Gasteiger partial charge < -0.3 is 0 Å². The van der Waals surface area contributed by atoms with Gasteiger partial charge in [0.05, 0.1) is 0 Å². The first kappa shape index (κ1) is 18.2. The van der Waals surface area contributed by atoms with Gasteiger partial charge in [-0.1, -0.05) is 71.9 Å². The first-order valence-corrected chi connectivity index (χ1v) is 10.1. The van der Waals surface area contributed by atoms with E-state index in [4.69, 9.17) is 0 Å². The van der Waals surface area contributed by atoms with Crippen molar-refractivity contribution in [1.29, 1.82) is 0 Å². The van der Waals surface area contributed by atoms with Gasteiger partial charge in [-0.15, -0.1) is 10.2 Å². The average molecular weight is 385 g/mol. The van der Waals surface area contributed by atoms with E-state index in [2.05, 4.69) is 75.2 Å². The van der Waals surface area contributed by atoms with Crippen LogP contribution in [0.1, 0.15) is 11.1 Å². The molecule has 0 aliphatic carbocycles. The molecule has 4 rings (SSSR count). The molecular formula is C23H20N4S. The van der Waals surface area contributed by atoms with E-state index in [0.29, 0.717) is 0 Å². The Labute approximate surface area is 169 Å². The monoisotopic (exact) mass is 384 g/mol. The maximum absolute atomic E-state index is 4.45. The van der Waals surface area contributed by atoms with Crippen LogP contribution in [0.4, 0.5) is 0 Å². The second-order valence-electron chi connectivity index (χ2n) is 6.34. The molecule has 0 aliphatic rings. The van der Waals surface area contributed by atoms with Crippen molar-refractivity contribution in [3.63, 3.8) is 0 Å². The van der Waals surface area contributed by atoms with E-state index in [-0.39, 0.29) is 0 Å². The van der Waals surface area contributed by atoms with Crippen molar-refractivity contribution < 1.29 is 0 Å². The normalized spacial score (nSPS) is 11.2. The predicted octanol–water partition coefficient (Wildman–Crippen LogP) is 5.44. The average Bonchev–Trinajstić information content (AvgIpc) is 3.17. The van der Waals surface area contributed by atoms with Crippen LogP contribution in [-0.2, 0) is 0 Å². The van der Waals surface area contributed by atoms with Gasteiger partial charge >= 0.3 is 0 Å². The lowest BCUT2D eigenvalue weighted by Crippen LogP contribution is -2.00. The summed E-state index contributed by atoms with van der Waals surface area (Å²) in [6, 6.07) is 22.6. The molecule has 0 saturated carbocycles. The molecule has 5 heteroatoms. The fourth-order valence-electron chi connectivity index (χ4n) is 2.84. The van der Waals surface area contributed by atoms with E-state index in [1.165, 1.54) is 11.1 Å². The standard InChI is InChI=1S/C23H20N4S/c1-18-11-13-21(14-12-18)27-22(20-10-5-15-24-17-20)25-26-23(27)28-16-6-9-19-7-3-2-4-8-19/h2-15,17H,16H2,1H3/b9-6+. The Bertz CT molecular complexity index is 1050. The summed E-state index contributed by atoms with van der Waals surface area (Å²) >= 11 is 1.66. The third kappa shape index (κ3) is 4.21. The zero-order valence-corrected chi connectivity index (χ0v) is 16.4. The molecule has 138 valence electrons. The highest BCUT2D eigenvalue weighted by Crippen LogP contribution is 2.27. The number of benzene rings is 2. The van der Waals surface area contributed by atoms with Crippen LogP contribution in [0.15, 0.2) is 90.4 Å². The number of aromatic nitrogens is 4. The largest absolute Gasteiger partial charge is 0.270 e. The number of hydrogen-bond acceptors (Lipinski definition) is 4. The van der Waals surface area contributed by atoms with Crippen molar-refractivity contribution in [2.75, 3.05) is 5.75 Å². The molecule has 0 N–H and O–H groups in total. The first-order valence-electron chi connectivity index (χ1n) is 9.08. The molecule has 0 aliphatic heterocycles. The first-order chi connectivity index (χ1) is 13.8. The third-order valence-corrected chi connectivity index (χ3v) is 5.15. The van der Waals surface area contributed by atoms with Gasteiger partial charge in [0.2, 0.25) is 0 Å². The Hall–Kier alpha value is -3.18. The zero-order chi connectivity index (χ0) is 19.2. The Balaban J connectivity index is 1.62. The predicted molar refractivity (Wildman–Crippen MR) is 116 cm³/mol. The summed E-state index contributed by atoms with van der Waals surface area (Å²) < 4.78 is 2.09. The molecule has 0 amide bonds. The second kappa shape index (κ2) is 8.67. The van der Waals surface area contributed by atoms with E-state index in [1.54, 1.807) is 18.0 Å². The molecule has 0 atom stereocenters. The maximum atomic E-state index is 4.45. The number of rotatable bonds is 6. The fourth-order valence-corrected chi connectivity index (χ4v) is 3.60. The number of hydrogen-bond donors (Lipinski definition) is 0. The lowest BCUT2D eigenvalue weighted by molar-refractivity contribution is 0.887. The second-order valence-corrected chi connectivity index (χ2v) is 7.33. The molecular weight excluding hydrogens is 364 g/mol. The minimum absolute atomic E-state index is 0.798. The van der Waals surface area contributed by atoms with E-state index >= 15 is 0 Å². The topological polar surface area (TPSA) is 43.6 Å². The van der Waals surface area contributed by atoms with Gasteiger partial charge in [0.25, 0.3) is 0 Å². The van der Waals surface area contributed by atoms with Crippen LogP contribution in [0.2, 0.25) is 0 Å². The van der Waals surface area contributed by atoms with Crippen molar-refractivity contribution in [1.82, 2.24) is 19.7 Å². The minimum Gasteiger partial charge on any atom is -0.270 e. The molecule has 2 aromatic carbocycles. The molecule has 0 bridgehead atoms. The fraction of sp³-hybridized carbons (Fsp3) is 0.0870. The van der Waals surface area contributed by atoms with E-state index in [0.717, 1.165) is 28.0 Å². The minimum atomic E-state index is 0.798. The molecule has 0 unspecified atom stereocenters. The van der Waals surface area contributed by atoms with Crippen LogP contribution in [0.5, 0.6) is 0 Å². The Morgan fingerprint density at radius 3 is 2.50 bits per heavy atom. The molecule has 2 heterocycles. The summed E-state index contributed by atoms with van der Waals surface area (Å²) in [5.74, 6) is 1.61. The summed E-state index contributed by atoms with van der Waals surface area (Å²) in [6.07, 6.45) is 7.86. The molecule has 0 fully saturated rings. The number of pyridine rings is 1. The van der Waals surface area contributed by atoms with Crippen LogP contribution >= 0.6 is 11.8 Å². The maximum Gasteiger partial charge on any atom is 0.196 e. The summed E-state index contributed by atoms with van der Waals surface area (Å²) in [4.78, 5) is 4.23. The Morgan fingerprint density at radius 1 is 0.929 bits per heavy atom. The summed E-state index contributed by atoms with van der Waals surface area (Å²) in [5, 5.41) is 9.76. The van der Waals surface area contributed by atoms with E-state index < -0.39 is 0 Å². The summed E-state index contributed by atoms with van der Waals surface area (Å²) in [6.45, 7) is 2.09. The van der Waals surface area contributed by atoms with Gasteiger partial charge in [0.1, 0.15) is 0 Å². The van der Waals surface area contributed by atoms with Crippen molar-refractivity contribution in [3.05, 3.63) is 96.3 Å². The lowest BCUT2D eigenvalue weighted by Gasteiger charge is -2.10. The Kier molecular flexibility index (Phi) is 5.64. The number of nitrogens with zero attached hydrogens (tertiary/aromatic N) is 4. The van der Waals surface area contributed by atoms with Gasteiger partial charge in [-0.05, 0) is 36.8 Å². The van der Waals surface area contributed by atoms with Crippen molar-refractivity contribution in [2.24, 2.45) is 0 Å². The summed E-state index contributed by atoms with van der Waals surface area (Å²) in [7, 11) is 0. The van der Waals surface area contributed by atoms with Gasteiger partial charge in [-0.2, -0.15) is 0 Å². The van der Waals surface area contributed by atoms with Crippen LogP contribution < -0.4 is 0 Å². The van der Waals surface area contributed by atoms with Crippen molar-refractivity contribution in [3.8, 4) is 17.1 Å². The van der Waals surface area contributed by atoms with Crippen LogP contribution in [0.3, 0.4) is 0 Å². The zero-order valence-electron chi connectivity index (χ0n) is 15.6. The van der Waals surface area contributed by atoms with Crippen molar-refractivity contribution >= 4 is 17.8 Å². The third-order valence-electron chi connectivity index (χ3n) is 4.26. The van der Waals surface area contributed by atoms with Crippen molar-refractivity contribution in [2.45, 2.75) is 12.1 Å². The van der Waals surface area contributed by atoms with Gasteiger partial charge in [0.15, 0.2) is 11.0 Å². The molecule has 4 aromatic rings. The molecule has 0 spiro atoms.